The lowest BCUT2D eigenvalue weighted by Gasteiger charge is -2.19. The average Bonchev–Trinajstić information content (AvgIpc) is 2.62. The number of aryl methyl sites for hydroxylation is 1. The number of rotatable bonds is 3. The zero-order valence-electron chi connectivity index (χ0n) is 9.96. The summed E-state index contributed by atoms with van der Waals surface area (Å²) in [5.41, 5.74) is 2.67. The van der Waals surface area contributed by atoms with E-state index in [0.717, 1.165) is 0 Å². The van der Waals surface area contributed by atoms with Gasteiger partial charge in [0.25, 0.3) is 0 Å². The highest BCUT2D eigenvalue weighted by Gasteiger charge is 2.15. The first-order valence-electron chi connectivity index (χ1n) is 5.35. The fourth-order valence-electron chi connectivity index (χ4n) is 1.66. The van der Waals surface area contributed by atoms with Crippen molar-refractivity contribution in [2.75, 3.05) is 13.2 Å². The molecule has 1 aliphatic heterocycles. The molecule has 3 nitrogen and oxygen atoms in total. The van der Waals surface area contributed by atoms with E-state index in [1.165, 1.54) is 16.0 Å². The van der Waals surface area contributed by atoms with Crippen molar-refractivity contribution in [2.45, 2.75) is 19.9 Å². The number of thiophene rings is 1. The van der Waals surface area contributed by atoms with Crippen LogP contribution in [0.4, 0.5) is 0 Å². The number of hydrogen-bond acceptors (Lipinski definition) is 4. The Kier molecular flexibility index (Phi) is 5.18. The van der Waals surface area contributed by atoms with E-state index < -0.39 is 0 Å². The number of aliphatic imine (C=N–C) groups is 1. The first-order chi connectivity index (χ1) is 7.72. The Bertz CT molecular complexity index is 414. The molecule has 0 spiro atoms. The molecule has 0 amide bonds. The SMILES string of the molecule is Cc1csc(C2C=CN(CCO)C=N2)c1C.Cl. The third-order valence-corrected chi connectivity index (χ3v) is 4.06. The Morgan fingerprint density at radius 2 is 2.24 bits per heavy atom. The first-order valence-corrected chi connectivity index (χ1v) is 6.23. The lowest BCUT2D eigenvalue weighted by molar-refractivity contribution is 0.271. The lowest BCUT2D eigenvalue weighted by atomic mass is 10.1. The van der Waals surface area contributed by atoms with Crippen LogP contribution in [0.1, 0.15) is 22.0 Å². The topological polar surface area (TPSA) is 35.8 Å². The van der Waals surface area contributed by atoms with E-state index >= 15 is 0 Å². The Balaban J connectivity index is 0.00000144. The fourth-order valence-corrected chi connectivity index (χ4v) is 2.75. The Morgan fingerprint density at radius 1 is 1.47 bits per heavy atom. The van der Waals surface area contributed by atoms with E-state index in [9.17, 15) is 0 Å². The van der Waals surface area contributed by atoms with Gasteiger partial charge in [-0.05, 0) is 36.4 Å². The van der Waals surface area contributed by atoms with Gasteiger partial charge in [-0.3, -0.25) is 4.99 Å². The standard InChI is InChI=1S/C12H16N2OS.ClH/c1-9-7-16-12(10(9)2)11-3-4-14(5-6-15)8-13-11;/h3-4,7-8,11,15H,5-6H2,1-2H3;1H. The van der Waals surface area contributed by atoms with Gasteiger partial charge >= 0.3 is 0 Å². The first kappa shape index (κ1) is 14.2. The zero-order chi connectivity index (χ0) is 11.5. The van der Waals surface area contributed by atoms with Crippen LogP contribution in [0.15, 0.2) is 22.6 Å². The summed E-state index contributed by atoms with van der Waals surface area (Å²) >= 11 is 1.76. The summed E-state index contributed by atoms with van der Waals surface area (Å²) in [6, 6.07) is 0.147. The molecule has 0 aliphatic carbocycles. The van der Waals surface area contributed by atoms with E-state index in [4.69, 9.17) is 5.11 Å². The quantitative estimate of drug-likeness (QED) is 0.918. The molecule has 0 fully saturated rings. The molecule has 94 valence electrons. The smallest absolute Gasteiger partial charge is 0.106 e. The molecule has 1 aromatic heterocycles. The molecule has 0 radical (unpaired) electrons. The van der Waals surface area contributed by atoms with E-state index in [1.54, 1.807) is 17.7 Å². The van der Waals surface area contributed by atoms with Crippen molar-refractivity contribution in [3.8, 4) is 0 Å². The maximum Gasteiger partial charge on any atom is 0.106 e. The largest absolute Gasteiger partial charge is 0.395 e. The molecule has 1 N–H and O–H groups in total. The van der Waals surface area contributed by atoms with Crippen molar-refractivity contribution in [2.24, 2.45) is 4.99 Å². The summed E-state index contributed by atoms with van der Waals surface area (Å²) in [7, 11) is 0. The summed E-state index contributed by atoms with van der Waals surface area (Å²) in [5.74, 6) is 0. The molecule has 1 atom stereocenters. The second kappa shape index (κ2) is 6.19. The van der Waals surface area contributed by atoms with Crippen LogP contribution in [0.25, 0.3) is 0 Å². The predicted molar refractivity (Wildman–Crippen MR) is 75.2 cm³/mol. The van der Waals surface area contributed by atoms with Gasteiger partial charge < -0.3 is 10.0 Å². The molecule has 0 aromatic carbocycles. The molecule has 2 rings (SSSR count). The summed E-state index contributed by atoms with van der Waals surface area (Å²) in [4.78, 5) is 7.70. The van der Waals surface area contributed by atoms with Crippen LogP contribution < -0.4 is 0 Å². The number of nitrogens with zero attached hydrogens (tertiary/aromatic N) is 2. The van der Waals surface area contributed by atoms with Gasteiger partial charge in [-0.25, -0.2) is 0 Å². The van der Waals surface area contributed by atoms with Crippen LogP contribution in [0.2, 0.25) is 0 Å². The molecule has 17 heavy (non-hydrogen) atoms. The zero-order valence-corrected chi connectivity index (χ0v) is 11.6. The Labute approximate surface area is 112 Å². The highest BCUT2D eigenvalue weighted by atomic mass is 35.5. The maximum atomic E-state index is 8.81. The molecule has 1 aliphatic rings. The van der Waals surface area contributed by atoms with Crippen LogP contribution in [0, 0.1) is 13.8 Å². The normalized spacial score (nSPS) is 18.3. The summed E-state index contributed by atoms with van der Waals surface area (Å²) in [6.45, 7) is 5.03. The summed E-state index contributed by atoms with van der Waals surface area (Å²) in [6.07, 6.45) is 5.87. The van der Waals surface area contributed by atoms with Crippen molar-refractivity contribution < 1.29 is 5.11 Å². The van der Waals surface area contributed by atoms with E-state index in [-0.39, 0.29) is 25.1 Å². The fraction of sp³-hybridized carbons (Fsp3) is 0.417. The molecular weight excluding hydrogens is 256 g/mol. The van der Waals surface area contributed by atoms with Gasteiger partial charge in [0.15, 0.2) is 0 Å². The van der Waals surface area contributed by atoms with Gasteiger partial charge in [0, 0.05) is 17.6 Å². The average molecular weight is 273 g/mol. The molecule has 5 heteroatoms. The van der Waals surface area contributed by atoms with Gasteiger partial charge in [0.05, 0.1) is 12.9 Å². The maximum absolute atomic E-state index is 8.81. The van der Waals surface area contributed by atoms with Gasteiger partial charge in [0.2, 0.25) is 0 Å². The van der Waals surface area contributed by atoms with Gasteiger partial charge in [-0.1, -0.05) is 0 Å². The number of hydrogen-bond donors (Lipinski definition) is 1. The lowest BCUT2D eigenvalue weighted by Crippen LogP contribution is -2.22. The third-order valence-electron chi connectivity index (χ3n) is 2.79. The van der Waals surface area contributed by atoms with Crippen molar-refractivity contribution >= 4 is 30.1 Å². The minimum absolute atomic E-state index is 0. The van der Waals surface area contributed by atoms with Gasteiger partial charge in [-0.15, -0.1) is 23.7 Å². The van der Waals surface area contributed by atoms with Crippen molar-refractivity contribution in [1.29, 1.82) is 0 Å². The van der Waals surface area contributed by atoms with Crippen LogP contribution in [0.5, 0.6) is 0 Å². The number of aliphatic hydroxyl groups is 1. The molecule has 1 unspecified atom stereocenters. The summed E-state index contributed by atoms with van der Waals surface area (Å²) < 4.78 is 0. The second-order valence-electron chi connectivity index (χ2n) is 3.92. The molecule has 2 heterocycles. The second-order valence-corrected chi connectivity index (χ2v) is 4.83. The van der Waals surface area contributed by atoms with Crippen molar-refractivity contribution in [3.63, 3.8) is 0 Å². The highest BCUT2D eigenvalue weighted by Crippen LogP contribution is 2.31. The predicted octanol–water partition coefficient (Wildman–Crippen LogP) is 2.68. The van der Waals surface area contributed by atoms with Crippen LogP contribution in [-0.2, 0) is 0 Å². The molecule has 0 saturated heterocycles. The van der Waals surface area contributed by atoms with Crippen molar-refractivity contribution in [3.05, 3.63) is 33.7 Å². The highest BCUT2D eigenvalue weighted by molar-refractivity contribution is 7.10. The van der Waals surface area contributed by atoms with Crippen molar-refractivity contribution in [1.82, 2.24) is 4.90 Å². The van der Waals surface area contributed by atoms with Gasteiger partial charge in [0.1, 0.15) is 6.04 Å². The molecule has 0 bridgehead atoms. The van der Waals surface area contributed by atoms with Gasteiger partial charge in [-0.2, -0.15) is 0 Å². The van der Waals surface area contributed by atoms with Crippen LogP contribution >= 0.6 is 23.7 Å². The molecular formula is C12H17ClN2OS. The minimum Gasteiger partial charge on any atom is -0.395 e. The van der Waals surface area contributed by atoms with Crippen LogP contribution in [0.3, 0.4) is 0 Å². The Morgan fingerprint density at radius 3 is 2.71 bits per heavy atom. The third kappa shape index (κ3) is 3.09. The molecule has 0 saturated carbocycles. The monoisotopic (exact) mass is 272 g/mol. The van der Waals surface area contributed by atoms with E-state index in [2.05, 4.69) is 30.3 Å². The molecule has 1 aromatic rings. The number of β-amino-alcohol motifs (C(OH)–C–C–N with tert-alkyl or cyclic N) is 1. The van der Waals surface area contributed by atoms with E-state index in [0.29, 0.717) is 6.54 Å². The minimum atomic E-state index is 0. The van der Waals surface area contributed by atoms with E-state index in [1.807, 2.05) is 11.1 Å². The summed E-state index contributed by atoms with van der Waals surface area (Å²) in [5, 5.41) is 11.0. The number of halogens is 1. The van der Waals surface area contributed by atoms with Crippen LogP contribution in [-0.4, -0.2) is 29.5 Å². The number of aliphatic hydroxyl groups excluding tert-OH is 1. The Hall–Kier alpha value is -0.840.